The second kappa shape index (κ2) is 11.0. The first-order chi connectivity index (χ1) is 9.02. The van der Waals surface area contributed by atoms with E-state index >= 15 is 0 Å². The van der Waals surface area contributed by atoms with Crippen LogP contribution in [0.1, 0.15) is 38.5 Å². The third-order valence-corrected chi connectivity index (χ3v) is 4.34. The summed E-state index contributed by atoms with van der Waals surface area (Å²) in [6.45, 7) is 2.82. The minimum atomic E-state index is -3.15. The zero-order valence-corrected chi connectivity index (χ0v) is 12.1. The number of alkyl halides is 1. The van der Waals surface area contributed by atoms with E-state index in [0.717, 1.165) is 31.8 Å². The SMILES string of the molecule is C=CC(=O)OCCS(=O)(=O)CCCCCCCCF. The average Bonchev–Trinajstić information content (AvgIpc) is 2.37. The highest BCUT2D eigenvalue weighted by molar-refractivity contribution is 7.91. The van der Waals surface area contributed by atoms with Crippen molar-refractivity contribution in [2.24, 2.45) is 0 Å². The van der Waals surface area contributed by atoms with E-state index in [9.17, 15) is 17.6 Å². The molecule has 0 saturated carbocycles. The maximum absolute atomic E-state index is 11.8. The molecule has 112 valence electrons. The molecule has 0 bridgehead atoms. The van der Waals surface area contributed by atoms with E-state index in [2.05, 4.69) is 11.3 Å². The average molecular weight is 294 g/mol. The van der Waals surface area contributed by atoms with Crippen molar-refractivity contribution in [1.29, 1.82) is 0 Å². The quantitative estimate of drug-likeness (QED) is 0.315. The first-order valence-electron chi connectivity index (χ1n) is 6.57. The second-order valence-electron chi connectivity index (χ2n) is 4.33. The van der Waals surface area contributed by atoms with Gasteiger partial charge in [-0.05, 0) is 12.8 Å². The third kappa shape index (κ3) is 11.9. The number of sulfone groups is 1. The molecule has 0 rings (SSSR count). The number of esters is 1. The molecule has 0 radical (unpaired) electrons. The molecule has 0 heterocycles. The summed E-state index contributed by atoms with van der Waals surface area (Å²) in [6, 6.07) is 0. The van der Waals surface area contributed by atoms with Crippen molar-refractivity contribution in [3.8, 4) is 0 Å². The Balaban J connectivity index is 3.57. The highest BCUT2D eigenvalue weighted by atomic mass is 32.2. The van der Waals surface area contributed by atoms with Crippen molar-refractivity contribution < 1.29 is 22.3 Å². The standard InChI is InChI=1S/C13H23FO4S/c1-2-13(15)18-10-12-19(16,17)11-8-6-4-3-5-7-9-14/h2H,1,3-12H2. The molecule has 0 amide bonds. The molecule has 0 aliphatic heterocycles. The maximum Gasteiger partial charge on any atom is 0.330 e. The molecule has 0 aromatic heterocycles. The summed E-state index contributed by atoms with van der Waals surface area (Å²) in [5, 5.41) is 0. The van der Waals surface area contributed by atoms with Crippen LogP contribution in [0, 0.1) is 0 Å². The van der Waals surface area contributed by atoms with Crippen molar-refractivity contribution in [2.75, 3.05) is 24.8 Å². The van der Waals surface area contributed by atoms with Crippen molar-refractivity contribution in [2.45, 2.75) is 38.5 Å². The van der Waals surface area contributed by atoms with Crippen LogP contribution in [0.4, 0.5) is 4.39 Å². The Morgan fingerprint density at radius 3 is 2.21 bits per heavy atom. The Morgan fingerprint density at radius 1 is 1.05 bits per heavy atom. The van der Waals surface area contributed by atoms with Crippen molar-refractivity contribution in [3.63, 3.8) is 0 Å². The van der Waals surface area contributed by atoms with Gasteiger partial charge in [-0.2, -0.15) is 0 Å². The predicted octanol–water partition coefficient (Wildman–Crippen LogP) is 2.44. The fourth-order valence-corrected chi connectivity index (χ4v) is 2.74. The monoisotopic (exact) mass is 294 g/mol. The van der Waals surface area contributed by atoms with Crippen LogP contribution >= 0.6 is 0 Å². The van der Waals surface area contributed by atoms with E-state index in [1.54, 1.807) is 0 Å². The molecular weight excluding hydrogens is 271 g/mol. The molecule has 6 heteroatoms. The summed E-state index contributed by atoms with van der Waals surface area (Å²) >= 11 is 0. The Morgan fingerprint density at radius 2 is 1.63 bits per heavy atom. The van der Waals surface area contributed by atoms with Crippen LogP contribution in [0.2, 0.25) is 0 Å². The molecule has 0 saturated heterocycles. The fraction of sp³-hybridized carbons (Fsp3) is 0.769. The van der Waals surface area contributed by atoms with Crippen molar-refractivity contribution in [3.05, 3.63) is 12.7 Å². The highest BCUT2D eigenvalue weighted by Crippen LogP contribution is 2.07. The Labute approximate surface area is 114 Å². The number of unbranched alkanes of at least 4 members (excludes halogenated alkanes) is 5. The number of carbonyl (C=O) groups is 1. The van der Waals surface area contributed by atoms with Gasteiger partial charge in [-0.25, -0.2) is 13.2 Å². The summed E-state index contributed by atoms with van der Waals surface area (Å²) < 4.78 is 39.6. The lowest BCUT2D eigenvalue weighted by molar-refractivity contribution is -0.137. The lowest BCUT2D eigenvalue weighted by Gasteiger charge is -2.05. The highest BCUT2D eigenvalue weighted by Gasteiger charge is 2.11. The van der Waals surface area contributed by atoms with E-state index in [0.29, 0.717) is 12.8 Å². The molecule has 0 aromatic carbocycles. The summed E-state index contributed by atoms with van der Waals surface area (Å²) in [6.07, 6.45) is 5.77. The van der Waals surface area contributed by atoms with Gasteiger partial charge >= 0.3 is 5.97 Å². The first kappa shape index (κ1) is 18.1. The fourth-order valence-electron chi connectivity index (χ4n) is 1.55. The molecule has 0 N–H and O–H groups in total. The van der Waals surface area contributed by atoms with Crippen molar-refractivity contribution in [1.82, 2.24) is 0 Å². The number of carbonyl (C=O) groups excluding carboxylic acids is 1. The van der Waals surface area contributed by atoms with Gasteiger partial charge in [0, 0.05) is 6.08 Å². The number of hydrogen-bond acceptors (Lipinski definition) is 4. The van der Waals surface area contributed by atoms with Gasteiger partial charge in [-0.3, -0.25) is 4.39 Å². The molecule has 0 aliphatic rings. The first-order valence-corrected chi connectivity index (χ1v) is 8.39. The van der Waals surface area contributed by atoms with Gasteiger partial charge in [0.1, 0.15) is 6.61 Å². The van der Waals surface area contributed by atoms with E-state index in [-0.39, 0.29) is 24.8 Å². The maximum atomic E-state index is 11.8. The summed E-state index contributed by atoms with van der Waals surface area (Å²) in [4.78, 5) is 10.7. The van der Waals surface area contributed by atoms with Gasteiger partial charge in [-0.1, -0.05) is 32.3 Å². The molecule has 4 nitrogen and oxygen atoms in total. The van der Waals surface area contributed by atoms with E-state index < -0.39 is 15.8 Å². The van der Waals surface area contributed by atoms with Crippen LogP contribution < -0.4 is 0 Å². The summed E-state index contributed by atoms with van der Waals surface area (Å²) in [5.74, 6) is -0.640. The second-order valence-corrected chi connectivity index (χ2v) is 6.64. The Bertz CT molecular complexity index is 352. The number of ether oxygens (including phenoxy) is 1. The van der Waals surface area contributed by atoms with Gasteiger partial charge in [0.25, 0.3) is 0 Å². The van der Waals surface area contributed by atoms with E-state index in [4.69, 9.17) is 0 Å². The van der Waals surface area contributed by atoms with Crippen LogP contribution in [0.5, 0.6) is 0 Å². The molecular formula is C13H23FO4S. The molecule has 0 atom stereocenters. The molecule has 0 aliphatic carbocycles. The van der Waals surface area contributed by atoms with Gasteiger partial charge in [0.15, 0.2) is 9.84 Å². The van der Waals surface area contributed by atoms with Crippen LogP contribution in [-0.4, -0.2) is 39.2 Å². The Kier molecular flexibility index (Phi) is 10.4. The van der Waals surface area contributed by atoms with Gasteiger partial charge in [0.2, 0.25) is 0 Å². The van der Waals surface area contributed by atoms with Gasteiger partial charge in [0.05, 0.1) is 18.2 Å². The van der Waals surface area contributed by atoms with E-state index in [1.807, 2.05) is 0 Å². The van der Waals surface area contributed by atoms with Crippen LogP contribution in [0.3, 0.4) is 0 Å². The number of halogens is 1. The zero-order valence-electron chi connectivity index (χ0n) is 11.3. The van der Waals surface area contributed by atoms with Gasteiger partial charge in [-0.15, -0.1) is 0 Å². The summed E-state index contributed by atoms with van der Waals surface area (Å²) in [7, 11) is -3.15. The van der Waals surface area contributed by atoms with Crippen LogP contribution in [0.25, 0.3) is 0 Å². The van der Waals surface area contributed by atoms with Gasteiger partial charge < -0.3 is 4.74 Å². The van der Waals surface area contributed by atoms with E-state index in [1.165, 1.54) is 0 Å². The lowest BCUT2D eigenvalue weighted by atomic mass is 10.1. The van der Waals surface area contributed by atoms with Crippen molar-refractivity contribution >= 4 is 15.8 Å². The molecule has 0 fully saturated rings. The van der Waals surface area contributed by atoms with Crippen LogP contribution in [0.15, 0.2) is 12.7 Å². The molecule has 0 spiro atoms. The molecule has 19 heavy (non-hydrogen) atoms. The Hall–Kier alpha value is -0.910. The normalized spacial score (nSPS) is 11.2. The molecule has 0 aromatic rings. The minimum Gasteiger partial charge on any atom is -0.461 e. The van der Waals surface area contributed by atoms with Crippen LogP contribution in [-0.2, 0) is 19.4 Å². The minimum absolute atomic E-state index is 0.113. The third-order valence-electron chi connectivity index (χ3n) is 2.64. The number of hydrogen-bond donors (Lipinski definition) is 0. The lowest BCUT2D eigenvalue weighted by Crippen LogP contribution is -2.17. The predicted molar refractivity (Wildman–Crippen MR) is 73.5 cm³/mol. The zero-order chi connectivity index (χ0) is 14.6. The number of rotatable bonds is 12. The topological polar surface area (TPSA) is 60.4 Å². The smallest absolute Gasteiger partial charge is 0.330 e. The summed E-state index contributed by atoms with van der Waals surface area (Å²) in [5.41, 5.74) is 0. The molecule has 0 unspecified atom stereocenters. The largest absolute Gasteiger partial charge is 0.461 e.